The average Bonchev–Trinajstić information content (AvgIpc) is 2.72. The van der Waals surface area contributed by atoms with Gasteiger partial charge in [0.05, 0.1) is 0 Å². The number of ketones is 1. The fourth-order valence-electron chi connectivity index (χ4n) is 4.91. The molecule has 1 aliphatic rings. The summed E-state index contributed by atoms with van der Waals surface area (Å²) in [7, 11) is 0. The maximum absolute atomic E-state index is 13.5. The molecular weight excluding hydrogens is 372 g/mol. The summed E-state index contributed by atoms with van der Waals surface area (Å²) in [6.07, 6.45) is 3.00. The highest BCUT2D eigenvalue weighted by atomic mass is 16.5. The Morgan fingerprint density at radius 3 is 1.90 bits per heavy atom. The fraction of sp³-hybridized carbons (Fsp3) is 0.481. The molecule has 1 saturated carbocycles. The van der Waals surface area contributed by atoms with E-state index in [-0.39, 0.29) is 23.8 Å². The Kier molecular flexibility index (Phi) is 7.47. The van der Waals surface area contributed by atoms with Gasteiger partial charge in [-0.1, -0.05) is 87.9 Å². The Balaban J connectivity index is 1.93. The van der Waals surface area contributed by atoms with Crippen LogP contribution in [-0.4, -0.2) is 17.9 Å². The maximum Gasteiger partial charge on any atom is 0.317 e. The summed E-state index contributed by atoms with van der Waals surface area (Å²) in [5.74, 6) is -0.397. The molecule has 0 radical (unpaired) electrons. The van der Waals surface area contributed by atoms with Crippen molar-refractivity contribution in [3.63, 3.8) is 0 Å². The third kappa shape index (κ3) is 5.19. The van der Waals surface area contributed by atoms with Gasteiger partial charge < -0.3 is 4.74 Å². The van der Waals surface area contributed by atoms with Gasteiger partial charge in [0, 0.05) is 5.92 Å². The number of carbonyl (C=O) groups excluding carboxylic acids is 2. The van der Waals surface area contributed by atoms with Crippen LogP contribution in [0.1, 0.15) is 64.0 Å². The van der Waals surface area contributed by atoms with E-state index in [1.165, 1.54) is 13.3 Å². The van der Waals surface area contributed by atoms with Gasteiger partial charge in [-0.2, -0.15) is 0 Å². The molecule has 2 aromatic carbocycles. The number of benzene rings is 2. The minimum absolute atomic E-state index is 0.115. The lowest BCUT2D eigenvalue weighted by Crippen LogP contribution is -2.40. The van der Waals surface area contributed by atoms with E-state index < -0.39 is 5.92 Å². The molecule has 0 saturated heterocycles. The smallest absolute Gasteiger partial charge is 0.317 e. The topological polar surface area (TPSA) is 43.4 Å². The average molecular weight is 407 g/mol. The first-order valence-corrected chi connectivity index (χ1v) is 11.2. The van der Waals surface area contributed by atoms with Crippen molar-refractivity contribution in [1.29, 1.82) is 0 Å². The van der Waals surface area contributed by atoms with Crippen LogP contribution in [-0.2, 0) is 14.3 Å². The molecule has 2 aromatic rings. The van der Waals surface area contributed by atoms with E-state index >= 15 is 0 Å². The molecule has 0 heterocycles. The second-order valence-electron chi connectivity index (χ2n) is 9.19. The Bertz CT molecular complexity index is 788. The predicted octanol–water partition coefficient (Wildman–Crippen LogP) is 6.03. The highest BCUT2D eigenvalue weighted by molar-refractivity contribution is 5.99. The lowest BCUT2D eigenvalue weighted by molar-refractivity contribution is -0.163. The number of rotatable bonds is 7. The lowest BCUT2D eigenvalue weighted by atomic mass is 9.75. The van der Waals surface area contributed by atoms with E-state index in [0.717, 1.165) is 24.0 Å². The van der Waals surface area contributed by atoms with Crippen LogP contribution >= 0.6 is 0 Å². The zero-order chi connectivity index (χ0) is 21.7. The van der Waals surface area contributed by atoms with Crippen molar-refractivity contribution < 1.29 is 14.3 Å². The maximum atomic E-state index is 13.5. The van der Waals surface area contributed by atoms with E-state index in [9.17, 15) is 9.59 Å². The number of carbonyl (C=O) groups is 2. The third-order valence-electron chi connectivity index (χ3n) is 6.57. The summed E-state index contributed by atoms with van der Waals surface area (Å²) in [6, 6.07) is 19.6. The third-order valence-corrected chi connectivity index (χ3v) is 6.57. The Hall–Kier alpha value is -2.42. The molecule has 3 rings (SSSR count). The fourth-order valence-corrected chi connectivity index (χ4v) is 4.91. The van der Waals surface area contributed by atoms with Crippen LogP contribution in [0.25, 0.3) is 0 Å². The highest BCUT2D eigenvalue weighted by Gasteiger charge is 2.40. The molecule has 4 atom stereocenters. The quantitative estimate of drug-likeness (QED) is 0.417. The van der Waals surface area contributed by atoms with Crippen molar-refractivity contribution in [1.82, 2.24) is 0 Å². The normalized spacial score (nSPS) is 22.7. The van der Waals surface area contributed by atoms with Crippen molar-refractivity contribution in [2.45, 2.75) is 59.0 Å². The van der Waals surface area contributed by atoms with Gasteiger partial charge in [0.1, 0.15) is 17.8 Å². The zero-order valence-corrected chi connectivity index (χ0v) is 18.6. The molecule has 1 aliphatic carbocycles. The number of Topliss-reactive ketones (excluding diaryl/α,β-unsaturated/α-hetero) is 1. The van der Waals surface area contributed by atoms with Gasteiger partial charge in [0.15, 0.2) is 0 Å². The second-order valence-corrected chi connectivity index (χ2v) is 9.19. The van der Waals surface area contributed by atoms with Crippen LogP contribution in [0, 0.1) is 23.7 Å². The molecule has 0 aromatic heterocycles. The molecule has 3 heteroatoms. The van der Waals surface area contributed by atoms with Crippen LogP contribution < -0.4 is 0 Å². The minimum Gasteiger partial charge on any atom is -0.461 e. The molecule has 3 nitrogen and oxygen atoms in total. The molecule has 160 valence electrons. The Labute approximate surface area is 180 Å². The molecule has 30 heavy (non-hydrogen) atoms. The van der Waals surface area contributed by atoms with Gasteiger partial charge in [-0.3, -0.25) is 9.59 Å². The highest BCUT2D eigenvalue weighted by Crippen LogP contribution is 2.38. The monoisotopic (exact) mass is 406 g/mol. The van der Waals surface area contributed by atoms with Crippen molar-refractivity contribution in [2.75, 3.05) is 0 Å². The summed E-state index contributed by atoms with van der Waals surface area (Å²) in [4.78, 5) is 26.3. The molecule has 0 bridgehead atoms. The number of hydrogen-bond acceptors (Lipinski definition) is 3. The van der Waals surface area contributed by atoms with Crippen LogP contribution in [0.3, 0.4) is 0 Å². The Morgan fingerprint density at radius 1 is 0.900 bits per heavy atom. The Morgan fingerprint density at radius 2 is 1.43 bits per heavy atom. The van der Waals surface area contributed by atoms with Gasteiger partial charge in [0.2, 0.25) is 0 Å². The molecule has 1 fully saturated rings. The van der Waals surface area contributed by atoms with Gasteiger partial charge in [0.25, 0.3) is 0 Å². The molecule has 0 spiro atoms. The van der Waals surface area contributed by atoms with Crippen molar-refractivity contribution in [2.24, 2.45) is 23.7 Å². The van der Waals surface area contributed by atoms with Crippen molar-refractivity contribution in [3.8, 4) is 0 Å². The number of esters is 1. The summed E-state index contributed by atoms with van der Waals surface area (Å²) < 4.78 is 6.12. The van der Waals surface area contributed by atoms with Gasteiger partial charge in [-0.15, -0.1) is 0 Å². The van der Waals surface area contributed by atoms with Gasteiger partial charge >= 0.3 is 5.97 Å². The summed E-state index contributed by atoms with van der Waals surface area (Å²) in [6.45, 7) is 8.12. The molecule has 0 amide bonds. The summed E-state index contributed by atoms with van der Waals surface area (Å²) in [5, 5.41) is 0. The first-order chi connectivity index (χ1) is 14.4. The van der Waals surface area contributed by atoms with E-state index in [4.69, 9.17) is 4.74 Å². The first kappa shape index (κ1) is 22.3. The van der Waals surface area contributed by atoms with Crippen LogP contribution in [0.4, 0.5) is 0 Å². The van der Waals surface area contributed by atoms with E-state index in [1.54, 1.807) is 0 Å². The van der Waals surface area contributed by atoms with Crippen LogP contribution in [0.2, 0.25) is 0 Å². The number of ether oxygens (including phenoxy) is 1. The number of hydrogen-bond donors (Lipinski definition) is 0. The zero-order valence-electron chi connectivity index (χ0n) is 18.6. The standard InChI is InChI=1S/C27H34O3/c1-18(2)23-16-15-19(3)17-24(23)30-27(29)25(20(4)28)26(21-11-7-5-8-12-21)22-13-9-6-10-14-22/h5-14,18-19,23-26H,15-17H2,1-4H3/t19-,23-,24-,25+/m1/s1. The molecule has 0 aliphatic heterocycles. The first-order valence-electron chi connectivity index (χ1n) is 11.2. The largest absolute Gasteiger partial charge is 0.461 e. The molecular formula is C27H34O3. The van der Waals surface area contributed by atoms with Crippen LogP contribution in [0.5, 0.6) is 0 Å². The van der Waals surface area contributed by atoms with E-state index in [1.807, 2.05) is 60.7 Å². The summed E-state index contributed by atoms with van der Waals surface area (Å²) in [5.41, 5.74) is 1.91. The predicted molar refractivity (Wildman–Crippen MR) is 120 cm³/mol. The minimum atomic E-state index is -0.847. The SMILES string of the molecule is CC(=O)[C@H](C(=O)O[C@@H]1C[C@H](C)CC[C@@H]1C(C)C)C(c1ccccc1)c1ccccc1. The van der Waals surface area contributed by atoms with E-state index in [2.05, 4.69) is 20.8 Å². The van der Waals surface area contributed by atoms with Crippen LogP contribution in [0.15, 0.2) is 60.7 Å². The van der Waals surface area contributed by atoms with Gasteiger partial charge in [-0.05, 0) is 48.6 Å². The van der Waals surface area contributed by atoms with Crippen molar-refractivity contribution in [3.05, 3.63) is 71.8 Å². The molecule has 0 N–H and O–H groups in total. The lowest BCUT2D eigenvalue weighted by Gasteiger charge is -2.37. The molecule has 0 unspecified atom stereocenters. The van der Waals surface area contributed by atoms with E-state index in [0.29, 0.717) is 17.8 Å². The second kappa shape index (κ2) is 10.1. The summed E-state index contributed by atoms with van der Waals surface area (Å²) >= 11 is 0. The van der Waals surface area contributed by atoms with Gasteiger partial charge in [-0.25, -0.2) is 0 Å². The van der Waals surface area contributed by atoms with Crippen molar-refractivity contribution >= 4 is 11.8 Å².